The molecule has 1 atom stereocenters. The summed E-state index contributed by atoms with van der Waals surface area (Å²) in [4.78, 5) is 11.0. The SMILES string of the molecule is C=C(COCCOCCOCOC(C)OC)C(=O)OC. The van der Waals surface area contributed by atoms with Crippen LogP contribution in [0.25, 0.3) is 0 Å². The van der Waals surface area contributed by atoms with Crippen molar-refractivity contribution in [1.82, 2.24) is 0 Å². The Morgan fingerprint density at radius 1 is 1.05 bits per heavy atom. The van der Waals surface area contributed by atoms with Crippen LogP contribution < -0.4 is 0 Å². The van der Waals surface area contributed by atoms with Gasteiger partial charge in [0.1, 0.15) is 6.79 Å². The number of carbonyl (C=O) groups excluding carboxylic acids is 1. The lowest BCUT2D eigenvalue weighted by atomic mass is 10.3. The Morgan fingerprint density at radius 3 is 2.25 bits per heavy atom. The Morgan fingerprint density at radius 2 is 1.65 bits per heavy atom. The second kappa shape index (κ2) is 13.0. The van der Waals surface area contributed by atoms with Crippen molar-refractivity contribution < 1.29 is 33.2 Å². The zero-order valence-corrected chi connectivity index (χ0v) is 12.4. The third-order valence-corrected chi connectivity index (χ3v) is 2.21. The second-order valence-corrected chi connectivity index (χ2v) is 3.76. The van der Waals surface area contributed by atoms with Crippen LogP contribution in [0.15, 0.2) is 12.2 Å². The first kappa shape index (κ1) is 19.0. The number of rotatable bonds is 13. The minimum Gasteiger partial charge on any atom is -0.466 e. The van der Waals surface area contributed by atoms with Gasteiger partial charge in [-0.15, -0.1) is 0 Å². The van der Waals surface area contributed by atoms with Crippen molar-refractivity contribution in [1.29, 1.82) is 0 Å². The molecule has 0 heterocycles. The number of ether oxygens (including phenoxy) is 6. The van der Waals surface area contributed by atoms with Crippen molar-refractivity contribution in [3.8, 4) is 0 Å². The monoisotopic (exact) mass is 292 g/mol. The Balaban J connectivity index is 3.21. The van der Waals surface area contributed by atoms with Crippen LogP contribution in [0.5, 0.6) is 0 Å². The maximum atomic E-state index is 11.0. The first-order valence-electron chi connectivity index (χ1n) is 6.25. The highest BCUT2D eigenvalue weighted by Gasteiger charge is 2.05. The molecule has 0 saturated carbocycles. The van der Waals surface area contributed by atoms with Crippen LogP contribution in [-0.2, 0) is 33.2 Å². The topological polar surface area (TPSA) is 72.5 Å². The van der Waals surface area contributed by atoms with Crippen molar-refractivity contribution in [3.63, 3.8) is 0 Å². The normalized spacial score (nSPS) is 12.2. The van der Waals surface area contributed by atoms with E-state index in [4.69, 9.17) is 23.7 Å². The van der Waals surface area contributed by atoms with E-state index in [1.807, 2.05) is 0 Å². The average Bonchev–Trinajstić information content (AvgIpc) is 2.47. The Bertz CT molecular complexity index is 267. The van der Waals surface area contributed by atoms with E-state index in [1.54, 1.807) is 14.0 Å². The molecule has 0 bridgehead atoms. The summed E-state index contributed by atoms with van der Waals surface area (Å²) in [6.45, 7) is 7.24. The van der Waals surface area contributed by atoms with Gasteiger partial charge in [0.15, 0.2) is 6.29 Å². The molecule has 0 aromatic rings. The summed E-state index contributed by atoms with van der Waals surface area (Å²) in [6, 6.07) is 0. The highest BCUT2D eigenvalue weighted by atomic mass is 16.7. The molecule has 1 unspecified atom stereocenters. The fraction of sp³-hybridized carbons (Fsp3) is 0.769. The van der Waals surface area contributed by atoms with Gasteiger partial charge in [-0.05, 0) is 6.92 Å². The van der Waals surface area contributed by atoms with Gasteiger partial charge in [0.05, 0.1) is 45.7 Å². The van der Waals surface area contributed by atoms with Gasteiger partial charge in [-0.25, -0.2) is 4.79 Å². The van der Waals surface area contributed by atoms with Crippen LogP contribution in [0.4, 0.5) is 0 Å². The summed E-state index contributed by atoms with van der Waals surface area (Å²) in [6.07, 6.45) is -0.285. The molecular formula is C13H24O7. The summed E-state index contributed by atoms with van der Waals surface area (Å²) in [5, 5.41) is 0. The Hall–Kier alpha value is -0.990. The Labute approximate surface area is 119 Å². The zero-order chi connectivity index (χ0) is 15.2. The first-order valence-corrected chi connectivity index (χ1v) is 6.25. The number of esters is 1. The number of hydrogen-bond acceptors (Lipinski definition) is 7. The second-order valence-electron chi connectivity index (χ2n) is 3.76. The van der Waals surface area contributed by atoms with E-state index in [-0.39, 0.29) is 25.3 Å². The molecule has 0 rings (SSSR count). The van der Waals surface area contributed by atoms with Gasteiger partial charge < -0.3 is 28.4 Å². The first-order chi connectivity index (χ1) is 9.61. The van der Waals surface area contributed by atoms with E-state index in [0.29, 0.717) is 26.4 Å². The Kier molecular flexibility index (Phi) is 12.4. The molecule has 0 aromatic heterocycles. The molecule has 0 aromatic carbocycles. The molecule has 20 heavy (non-hydrogen) atoms. The fourth-order valence-corrected chi connectivity index (χ4v) is 1.01. The molecule has 7 heteroatoms. The predicted molar refractivity (Wildman–Crippen MR) is 71.2 cm³/mol. The lowest BCUT2D eigenvalue weighted by molar-refractivity contribution is -0.177. The van der Waals surface area contributed by atoms with Crippen molar-refractivity contribution in [2.45, 2.75) is 13.2 Å². The molecule has 0 radical (unpaired) electrons. The lowest BCUT2D eigenvalue weighted by Gasteiger charge is -2.11. The van der Waals surface area contributed by atoms with Gasteiger partial charge in [-0.2, -0.15) is 0 Å². The average molecular weight is 292 g/mol. The molecule has 0 spiro atoms. The molecule has 7 nitrogen and oxygen atoms in total. The predicted octanol–water partition coefficient (Wildman–Crippen LogP) is 0.732. The van der Waals surface area contributed by atoms with Crippen LogP contribution in [0.3, 0.4) is 0 Å². The molecular weight excluding hydrogens is 268 g/mol. The van der Waals surface area contributed by atoms with Crippen molar-refractivity contribution in [2.75, 3.05) is 54.0 Å². The minimum absolute atomic E-state index is 0.134. The molecule has 0 aliphatic heterocycles. The van der Waals surface area contributed by atoms with Crippen molar-refractivity contribution in [2.24, 2.45) is 0 Å². The van der Waals surface area contributed by atoms with Gasteiger partial charge in [-0.3, -0.25) is 0 Å². The number of hydrogen-bond donors (Lipinski definition) is 0. The van der Waals surface area contributed by atoms with Crippen LogP contribution in [0, 0.1) is 0 Å². The van der Waals surface area contributed by atoms with Crippen LogP contribution >= 0.6 is 0 Å². The minimum atomic E-state index is -0.468. The van der Waals surface area contributed by atoms with E-state index in [1.165, 1.54) is 7.11 Å². The smallest absolute Gasteiger partial charge is 0.335 e. The maximum absolute atomic E-state index is 11.0. The largest absolute Gasteiger partial charge is 0.466 e. The van der Waals surface area contributed by atoms with Crippen LogP contribution in [0.2, 0.25) is 0 Å². The van der Waals surface area contributed by atoms with E-state index >= 15 is 0 Å². The molecule has 118 valence electrons. The summed E-state index contributed by atoms with van der Waals surface area (Å²) in [5.41, 5.74) is 0.278. The van der Waals surface area contributed by atoms with E-state index in [9.17, 15) is 4.79 Å². The number of methoxy groups -OCH3 is 2. The highest BCUT2D eigenvalue weighted by molar-refractivity contribution is 5.87. The molecule has 0 aliphatic carbocycles. The van der Waals surface area contributed by atoms with Crippen LogP contribution in [0.1, 0.15) is 6.92 Å². The summed E-state index contributed by atoms with van der Waals surface area (Å²) < 4.78 is 30.1. The lowest BCUT2D eigenvalue weighted by Crippen LogP contribution is -2.16. The van der Waals surface area contributed by atoms with E-state index < -0.39 is 5.97 Å². The van der Waals surface area contributed by atoms with Crippen molar-refractivity contribution >= 4 is 5.97 Å². The van der Waals surface area contributed by atoms with E-state index in [0.717, 1.165) is 0 Å². The van der Waals surface area contributed by atoms with Crippen LogP contribution in [-0.4, -0.2) is 66.3 Å². The molecule has 0 N–H and O–H groups in total. The summed E-state index contributed by atoms with van der Waals surface area (Å²) in [5.74, 6) is -0.468. The summed E-state index contributed by atoms with van der Waals surface area (Å²) in [7, 11) is 2.86. The quantitative estimate of drug-likeness (QED) is 0.214. The molecule has 0 fully saturated rings. The van der Waals surface area contributed by atoms with E-state index in [2.05, 4.69) is 11.3 Å². The zero-order valence-electron chi connectivity index (χ0n) is 12.4. The van der Waals surface area contributed by atoms with Gasteiger partial charge >= 0.3 is 5.97 Å². The fourth-order valence-electron chi connectivity index (χ4n) is 1.01. The van der Waals surface area contributed by atoms with Gasteiger partial charge in [-0.1, -0.05) is 6.58 Å². The molecule has 0 aliphatic rings. The standard InChI is InChI=1S/C13H24O7/c1-11(13(14)16-4)9-18-7-5-17-6-8-19-10-20-12(2)15-3/h12H,1,5-10H2,2-4H3. The third kappa shape index (κ3) is 10.9. The van der Waals surface area contributed by atoms with Gasteiger partial charge in [0.25, 0.3) is 0 Å². The molecule has 0 saturated heterocycles. The molecule has 0 amide bonds. The van der Waals surface area contributed by atoms with Crippen molar-refractivity contribution in [3.05, 3.63) is 12.2 Å². The number of carbonyl (C=O) groups is 1. The third-order valence-electron chi connectivity index (χ3n) is 2.21. The highest BCUT2D eigenvalue weighted by Crippen LogP contribution is 1.94. The van der Waals surface area contributed by atoms with Gasteiger partial charge in [0, 0.05) is 7.11 Å². The van der Waals surface area contributed by atoms with Gasteiger partial charge in [0.2, 0.25) is 0 Å². The maximum Gasteiger partial charge on any atom is 0.335 e. The summed E-state index contributed by atoms with van der Waals surface area (Å²) >= 11 is 0.